The molecule has 2 atom stereocenters. The molecule has 0 bridgehead atoms. The first-order chi connectivity index (χ1) is 10.0. The molecule has 7 heteroatoms. The summed E-state index contributed by atoms with van der Waals surface area (Å²) in [4.78, 5) is 32.1. The van der Waals surface area contributed by atoms with E-state index in [0.717, 1.165) is 5.56 Å². The molecule has 0 saturated heterocycles. The molecule has 0 fully saturated rings. The first-order valence-corrected chi connectivity index (χ1v) is 6.53. The number of nitrogens with one attached hydrogen (secondary N) is 1. The molecule has 21 heavy (non-hydrogen) atoms. The molecule has 7 nitrogen and oxygen atoms in total. The molecule has 2 unspecified atom stereocenters. The van der Waals surface area contributed by atoms with E-state index in [0.29, 0.717) is 0 Å². The highest BCUT2D eigenvalue weighted by molar-refractivity contribution is 5.86. The maximum absolute atomic E-state index is 11.8. The Morgan fingerprint density at radius 2 is 2.00 bits per heavy atom. The summed E-state index contributed by atoms with van der Waals surface area (Å²) in [5.74, 6) is -1.63. The predicted octanol–water partition coefficient (Wildman–Crippen LogP) is 0.0939. The van der Waals surface area contributed by atoms with Gasteiger partial charge < -0.3 is 16.2 Å². The standard InChI is InChI=1S/C14H20N2O5/c1-20-21-8-7-11(15)13(17)16-12(14(18)19)9-10-5-3-2-4-6-10/h2-6,11-12H,7-9,15H2,1H3,(H,16,17)(H,18,19). The van der Waals surface area contributed by atoms with Crippen LogP contribution in [0.4, 0.5) is 0 Å². The van der Waals surface area contributed by atoms with Crippen molar-refractivity contribution in [3.63, 3.8) is 0 Å². The molecule has 0 aliphatic heterocycles. The lowest BCUT2D eigenvalue weighted by molar-refractivity contribution is -0.272. The van der Waals surface area contributed by atoms with Gasteiger partial charge in [-0.15, -0.1) is 0 Å². The summed E-state index contributed by atoms with van der Waals surface area (Å²) in [7, 11) is 1.35. The van der Waals surface area contributed by atoms with Crippen molar-refractivity contribution in [2.75, 3.05) is 13.7 Å². The number of hydrogen-bond acceptors (Lipinski definition) is 5. The van der Waals surface area contributed by atoms with E-state index in [1.165, 1.54) is 7.11 Å². The lowest BCUT2D eigenvalue weighted by atomic mass is 10.1. The van der Waals surface area contributed by atoms with Crippen molar-refractivity contribution in [3.05, 3.63) is 35.9 Å². The normalized spacial score (nSPS) is 13.4. The van der Waals surface area contributed by atoms with E-state index >= 15 is 0 Å². The molecule has 0 spiro atoms. The molecule has 1 aromatic rings. The van der Waals surface area contributed by atoms with Gasteiger partial charge in [0.2, 0.25) is 5.91 Å². The summed E-state index contributed by atoms with van der Waals surface area (Å²) in [5, 5.41) is 11.6. The molecule has 1 rings (SSSR count). The minimum absolute atomic E-state index is 0.154. The average Bonchev–Trinajstić information content (AvgIpc) is 2.47. The zero-order valence-electron chi connectivity index (χ0n) is 11.8. The maximum atomic E-state index is 11.8. The van der Waals surface area contributed by atoms with Gasteiger partial charge in [0.05, 0.1) is 19.8 Å². The Morgan fingerprint density at radius 3 is 2.57 bits per heavy atom. The van der Waals surface area contributed by atoms with Gasteiger partial charge in [0, 0.05) is 6.42 Å². The second-order valence-electron chi connectivity index (χ2n) is 4.47. The molecule has 0 aliphatic rings. The number of carboxylic acid groups (broad SMARTS) is 1. The number of rotatable bonds is 9. The predicted molar refractivity (Wildman–Crippen MR) is 75.3 cm³/mol. The van der Waals surface area contributed by atoms with E-state index in [4.69, 9.17) is 5.73 Å². The van der Waals surface area contributed by atoms with Crippen LogP contribution in [0.3, 0.4) is 0 Å². The number of hydrogen-bond donors (Lipinski definition) is 3. The second-order valence-corrected chi connectivity index (χ2v) is 4.47. The van der Waals surface area contributed by atoms with Crippen molar-refractivity contribution >= 4 is 11.9 Å². The van der Waals surface area contributed by atoms with E-state index in [9.17, 15) is 14.7 Å². The van der Waals surface area contributed by atoms with E-state index < -0.39 is 24.0 Å². The van der Waals surface area contributed by atoms with Gasteiger partial charge in [0.15, 0.2) is 0 Å². The molecule has 116 valence electrons. The molecule has 0 aliphatic carbocycles. The molecule has 0 saturated carbocycles. The quantitative estimate of drug-likeness (QED) is 0.338. The third-order valence-electron chi connectivity index (χ3n) is 2.86. The van der Waals surface area contributed by atoms with Crippen molar-refractivity contribution in [3.8, 4) is 0 Å². The van der Waals surface area contributed by atoms with Crippen LogP contribution in [-0.4, -0.2) is 42.8 Å². The fraction of sp³-hybridized carbons (Fsp3) is 0.429. The van der Waals surface area contributed by atoms with Crippen LogP contribution >= 0.6 is 0 Å². The number of aliphatic carboxylic acids is 1. The summed E-state index contributed by atoms with van der Waals surface area (Å²) in [6, 6.07) is 7.19. The number of carbonyl (C=O) groups is 2. The second kappa shape index (κ2) is 9.06. The third kappa shape index (κ3) is 6.35. The summed E-state index contributed by atoms with van der Waals surface area (Å²) < 4.78 is 0. The van der Waals surface area contributed by atoms with Crippen LogP contribution in [0.5, 0.6) is 0 Å². The molecule has 1 aromatic carbocycles. The van der Waals surface area contributed by atoms with Gasteiger partial charge in [0.25, 0.3) is 0 Å². The summed E-state index contributed by atoms with van der Waals surface area (Å²) in [6.45, 7) is 0.154. The molecule has 4 N–H and O–H groups in total. The van der Waals surface area contributed by atoms with E-state index in [1.54, 1.807) is 12.1 Å². The fourth-order valence-electron chi connectivity index (χ4n) is 1.72. The van der Waals surface area contributed by atoms with Crippen molar-refractivity contribution in [2.45, 2.75) is 24.9 Å². The summed E-state index contributed by atoms with van der Waals surface area (Å²) in [5.41, 5.74) is 6.48. The Kier molecular flexibility index (Phi) is 7.38. The topological polar surface area (TPSA) is 111 Å². The Labute approximate surface area is 123 Å². The highest BCUT2D eigenvalue weighted by Crippen LogP contribution is 2.04. The van der Waals surface area contributed by atoms with Crippen molar-refractivity contribution < 1.29 is 24.5 Å². The molecule has 0 heterocycles. The fourth-order valence-corrected chi connectivity index (χ4v) is 1.72. The van der Waals surface area contributed by atoms with Gasteiger partial charge >= 0.3 is 5.97 Å². The number of nitrogens with two attached hydrogens (primary N) is 1. The first kappa shape index (κ1) is 17.1. The number of carboxylic acids is 1. The lowest BCUT2D eigenvalue weighted by Crippen LogP contribution is -2.49. The minimum atomic E-state index is -1.10. The zero-order valence-corrected chi connectivity index (χ0v) is 11.8. The van der Waals surface area contributed by atoms with Crippen LogP contribution in [0.25, 0.3) is 0 Å². The minimum Gasteiger partial charge on any atom is -0.480 e. The van der Waals surface area contributed by atoms with Gasteiger partial charge in [-0.3, -0.25) is 4.79 Å². The molecule has 1 amide bonds. The van der Waals surface area contributed by atoms with Gasteiger partial charge in [-0.25, -0.2) is 14.6 Å². The van der Waals surface area contributed by atoms with E-state index in [2.05, 4.69) is 15.1 Å². The molecule has 0 radical (unpaired) electrons. The maximum Gasteiger partial charge on any atom is 0.326 e. The first-order valence-electron chi connectivity index (χ1n) is 6.53. The van der Waals surface area contributed by atoms with Crippen LogP contribution in [0.15, 0.2) is 30.3 Å². The van der Waals surface area contributed by atoms with Crippen LogP contribution in [0.1, 0.15) is 12.0 Å². The monoisotopic (exact) mass is 296 g/mol. The van der Waals surface area contributed by atoms with Crippen molar-refractivity contribution in [2.24, 2.45) is 5.73 Å². The van der Waals surface area contributed by atoms with Crippen LogP contribution in [-0.2, 0) is 25.8 Å². The van der Waals surface area contributed by atoms with Gasteiger partial charge in [0.1, 0.15) is 6.04 Å². The zero-order chi connectivity index (χ0) is 15.7. The Balaban J connectivity index is 2.54. The van der Waals surface area contributed by atoms with Crippen LogP contribution < -0.4 is 11.1 Å². The Morgan fingerprint density at radius 1 is 1.33 bits per heavy atom. The summed E-state index contributed by atoms with van der Waals surface area (Å²) >= 11 is 0. The van der Waals surface area contributed by atoms with Gasteiger partial charge in [-0.05, 0) is 12.0 Å². The van der Waals surface area contributed by atoms with E-state index in [1.807, 2.05) is 18.2 Å². The highest BCUT2D eigenvalue weighted by Gasteiger charge is 2.23. The number of amides is 1. The Bertz CT molecular complexity index is 452. The third-order valence-corrected chi connectivity index (χ3v) is 2.86. The van der Waals surface area contributed by atoms with Gasteiger partial charge in [-0.2, -0.15) is 0 Å². The number of benzene rings is 1. The highest BCUT2D eigenvalue weighted by atomic mass is 17.2. The lowest BCUT2D eigenvalue weighted by Gasteiger charge is -2.17. The molecular formula is C14H20N2O5. The van der Waals surface area contributed by atoms with Crippen molar-refractivity contribution in [1.82, 2.24) is 5.32 Å². The smallest absolute Gasteiger partial charge is 0.326 e. The molecule has 0 aromatic heterocycles. The van der Waals surface area contributed by atoms with Crippen LogP contribution in [0.2, 0.25) is 0 Å². The van der Waals surface area contributed by atoms with Gasteiger partial charge in [-0.1, -0.05) is 30.3 Å². The largest absolute Gasteiger partial charge is 0.480 e. The average molecular weight is 296 g/mol. The van der Waals surface area contributed by atoms with E-state index in [-0.39, 0.29) is 19.4 Å². The van der Waals surface area contributed by atoms with Crippen LogP contribution in [0, 0.1) is 0 Å². The van der Waals surface area contributed by atoms with Crippen molar-refractivity contribution in [1.29, 1.82) is 0 Å². The number of carbonyl (C=O) groups excluding carboxylic acids is 1. The SMILES string of the molecule is COOCCC(N)C(=O)NC(Cc1ccccc1)C(=O)O. The summed E-state index contributed by atoms with van der Waals surface area (Å²) in [6.07, 6.45) is 0.431. The molecular weight excluding hydrogens is 276 g/mol. The Hall–Kier alpha value is -1.96.